The SMILES string of the molecule is CCOC1=N[C@H](C(C)C)C(OCC)=N[C@H]1C(OCC1=CCN(C(=O)OCc2ccccc2)CC1)c1nc(Br)cs1. The molecule has 0 fully saturated rings. The third-order valence-electron chi connectivity index (χ3n) is 6.49. The van der Waals surface area contributed by atoms with Gasteiger partial charge in [-0.3, -0.25) is 0 Å². The van der Waals surface area contributed by atoms with E-state index < -0.39 is 12.1 Å². The molecule has 1 aromatic heterocycles. The summed E-state index contributed by atoms with van der Waals surface area (Å²) in [6, 6.07) is 8.94. The van der Waals surface area contributed by atoms with E-state index in [1.54, 1.807) is 4.90 Å². The van der Waals surface area contributed by atoms with Crippen molar-refractivity contribution in [2.24, 2.45) is 15.9 Å². The lowest BCUT2D eigenvalue weighted by atomic mass is 10.0. The molecule has 1 amide bonds. The van der Waals surface area contributed by atoms with E-state index in [1.807, 2.05) is 55.6 Å². The molecule has 0 bridgehead atoms. The number of aliphatic imine (C=N–C) groups is 2. The second-order valence-electron chi connectivity index (χ2n) is 9.77. The van der Waals surface area contributed by atoms with Crippen molar-refractivity contribution in [1.82, 2.24) is 9.88 Å². The Balaban J connectivity index is 1.46. The molecule has 1 unspecified atom stereocenters. The Hall–Kier alpha value is -2.76. The van der Waals surface area contributed by atoms with Crippen LogP contribution in [0.15, 0.2) is 61.9 Å². The van der Waals surface area contributed by atoms with Gasteiger partial charge in [0.25, 0.3) is 0 Å². The zero-order valence-electron chi connectivity index (χ0n) is 23.4. The van der Waals surface area contributed by atoms with Gasteiger partial charge in [-0.1, -0.05) is 50.3 Å². The van der Waals surface area contributed by atoms with Crippen molar-refractivity contribution in [3.63, 3.8) is 0 Å². The number of halogens is 1. The molecule has 2 aromatic rings. The highest BCUT2D eigenvalue weighted by atomic mass is 79.9. The third-order valence-corrected chi connectivity index (χ3v) is 8.11. The van der Waals surface area contributed by atoms with Gasteiger partial charge in [0.2, 0.25) is 11.8 Å². The average molecular weight is 634 g/mol. The zero-order chi connectivity index (χ0) is 28.5. The van der Waals surface area contributed by atoms with Gasteiger partial charge in [0.15, 0.2) is 6.04 Å². The van der Waals surface area contributed by atoms with Crippen LogP contribution in [0.4, 0.5) is 4.79 Å². The molecule has 0 saturated carbocycles. The molecule has 0 radical (unpaired) electrons. The first-order chi connectivity index (χ1) is 19.4. The molecule has 1 aromatic carbocycles. The van der Waals surface area contributed by atoms with Crippen LogP contribution in [0, 0.1) is 5.92 Å². The summed E-state index contributed by atoms with van der Waals surface area (Å²) < 4.78 is 24.7. The number of thiazole rings is 1. The predicted octanol–water partition coefficient (Wildman–Crippen LogP) is 6.21. The fraction of sp³-hybridized carbons (Fsp3) is 0.517. The number of rotatable bonds is 10. The molecular weight excluding hydrogens is 596 g/mol. The second kappa shape index (κ2) is 14.7. The normalized spacial score (nSPS) is 19.9. The van der Waals surface area contributed by atoms with Gasteiger partial charge in [0.1, 0.15) is 28.4 Å². The van der Waals surface area contributed by atoms with Gasteiger partial charge in [-0.05, 0) is 53.3 Å². The molecular formula is C29H37BrN4O5S. The Morgan fingerprint density at radius 1 is 1.07 bits per heavy atom. The Morgan fingerprint density at radius 2 is 1.77 bits per heavy atom. The van der Waals surface area contributed by atoms with Crippen molar-refractivity contribution in [1.29, 1.82) is 0 Å². The van der Waals surface area contributed by atoms with Crippen LogP contribution in [-0.2, 0) is 25.6 Å². The highest BCUT2D eigenvalue weighted by molar-refractivity contribution is 9.10. The maximum atomic E-state index is 12.6. The van der Waals surface area contributed by atoms with Crippen LogP contribution in [0.3, 0.4) is 0 Å². The molecule has 40 heavy (non-hydrogen) atoms. The van der Waals surface area contributed by atoms with Crippen LogP contribution in [0.2, 0.25) is 0 Å². The monoisotopic (exact) mass is 632 g/mol. The van der Waals surface area contributed by atoms with Gasteiger partial charge in [-0.25, -0.2) is 19.8 Å². The molecule has 2 aliphatic rings. The van der Waals surface area contributed by atoms with Gasteiger partial charge in [0, 0.05) is 18.5 Å². The maximum Gasteiger partial charge on any atom is 0.410 e. The van der Waals surface area contributed by atoms with Crippen LogP contribution in [0.5, 0.6) is 0 Å². The number of ether oxygens (including phenoxy) is 4. The Kier molecular flexibility index (Phi) is 11.1. The van der Waals surface area contributed by atoms with E-state index in [2.05, 4.69) is 34.8 Å². The number of amides is 1. The number of aromatic nitrogens is 1. The van der Waals surface area contributed by atoms with Gasteiger partial charge >= 0.3 is 6.09 Å². The van der Waals surface area contributed by atoms with Crippen molar-refractivity contribution in [3.05, 3.63) is 62.5 Å². The largest absolute Gasteiger partial charge is 0.480 e. The fourth-order valence-electron chi connectivity index (χ4n) is 4.42. The van der Waals surface area contributed by atoms with Crippen molar-refractivity contribution in [2.45, 2.75) is 58.9 Å². The summed E-state index contributed by atoms with van der Waals surface area (Å²) in [5, 5.41) is 2.70. The highest BCUT2D eigenvalue weighted by Crippen LogP contribution is 2.33. The number of hydrogen-bond acceptors (Lipinski definition) is 9. The van der Waals surface area contributed by atoms with Crippen LogP contribution in [0.25, 0.3) is 0 Å². The first-order valence-corrected chi connectivity index (χ1v) is 15.3. The summed E-state index contributed by atoms with van der Waals surface area (Å²) in [6.45, 7) is 10.7. The first-order valence-electron chi connectivity index (χ1n) is 13.7. The lowest BCUT2D eigenvalue weighted by molar-refractivity contribution is 0.0532. The van der Waals surface area contributed by atoms with Crippen molar-refractivity contribution in [2.75, 3.05) is 32.9 Å². The molecule has 11 heteroatoms. The van der Waals surface area contributed by atoms with Crippen molar-refractivity contribution in [3.8, 4) is 0 Å². The minimum atomic E-state index is -0.525. The Labute approximate surface area is 248 Å². The molecule has 9 nitrogen and oxygen atoms in total. The van der Waals surface area contributed by atoms with E-state index in [-0.39, 0.29) is 24.7 Å². The van der Waals surface area contributed by atoms with Gasteiger partial charge in [0.05, 0.1) is 19.8 Å². The highest BCUT2D eigenvalue weighted by Gasteiger charge is 2.39. The van der Waals surface area contributed by atoms with E-state index in [1.165, 1.54) is 11.3 Å². The molecule has 0 aliphatic carbocycles. The van der Waals surface area contributed by atoms with E-state index >= 15 is 0 Å². The molecule has 0 spiro atoms. The summed E-state index contributed by atoms with van der Waals surface area (Å²) >= 11 is 4.97. The predicted molar refractivity (Wildman–Crippen MR) is 160 cm³/mol. The van der Waals surface area contributed by atoms with Gasteiger partial charge < -0.3 is 23.8 Å². The average Bonchev–Trinajstić information content (AvgIpc) is 3.39. The lowest BCUT2D eigenvalue weighted by Gasteiger charge is -2.32. The van der Waals surface area contributed by atoms with Gasteiger partial charge in [-0.15, -0.1) is 11.3 Å². The minimum absolute atomic E-state index is 0.199. The molecule has 0 saturated heterocycles. The topological polar surface area (TPSA) is 94.8 Å². The quantitative estimate of drug-likeness (QED) is 0.289. The van der Waals surface area contributed by atoms with Crippen LogP contribution < -0.4 is 0 Å². The summed E-state index contributed by atoms with van der Waals surface area (Å²) in [6.07, 6.45) is 1.89. The molecule has 4 rings (SSSR count). The molecule has 216 valence electrons. The zero-order valence-corrected chi connectivity index (χ0v) is 25.8. The van der Waals surface area contributed by atoms with Crippen LogP contribution in [0.1, 0.15) is 50.8 Å². The van der Waals surface area contributed by atoms with E-state index in [0.717, 1.165) is 20.7 Å². The van der Waals surface area contributed by atoms with Crippen LogP contribution in [-0.4, -0.2) is 72.8 Å². The standard InChI is InChI=1S/C29H37BrN4O5S/c1-5-36-26-23(19(3)4)32-27(37-6-2)24(33-26)25(28-31-22(30)18-40-28)38-16-21-12-14-34(15-13-21)29(35)39-17-20-10-8-7-9-11-20/h7-12,18-19,23-25H,5-6,13-17H2,1-4H3/t23-,24+,25?/m1/s1. The molecule has 3 heterocycles. The molecule has 2 aliphatic heterocycles. The summed E-state index contributed by atoms with van der Waals surface area (Å²) in [7, 11) is 0. The number of benzene rings is 1. The molecule has 0 N–H and O–H groups in total. The first kappa shape index (κ1) is 30.2. The van der Waals surface area contributed by atoms with Crippen molar-refractivity contribution < 1.29 is 23.7 Å². The number of carbonyl (C=O) groups is 1. The smallest absolute Gasteiger partial charge is 0.410 e. The van der Waals surface area contributed by atoms with E-state index in [0.29, 0.717) is 51.1 Å². The maximum absolute atomic E-state index is 12.6. The van der Waals surface area contributed by atoms with E-state index in [9.17, 15) is 4.79 Å². The fourth-order valence-corrected chi connectivity index (χ4v) is 5.76. The molecule has 3 atom stereocenters. The second-order valence-corrected chi connectivity index (χ2v) is 11.5. The number of hydrogen-bond donors (Lipinski definition) is 0. The van der Waals surface area contributed by atoms with Crippen LogP contribution >= 0.6 is 27.3 Å². The summed E-state index contributed by atoms with van der Waals surface area (Å²) in [5.74, 6) is 1.33. The summed E-state index contributed by atoms with van der Waals surface area (Å²) in [4.78, 5) is 28.8. The minimum Gasteiger partial charge on any atom is -0.480 e. The Bertz CT molecular complexity index is 1220. The van der Waals surface area contributed by atoms with Crippen molar-refractivity contribution >= 4 is 45.2 Å². The number of nitrogens with zero attached hydrogens (tertiary/aromatic N) is 4. The number of carbonyl (C=O) groups excluding carboxylic acids is 1. The Morgan fingerprint density at radius 3 is 2.38 bits per heavy atom. The summed E-state index contributed by atoms with van der Waals surface area (Å²) in [5.41, 5.74) is 2.07. The van der Waals surface area contributed by atoms with Gasteiger partial charge in [-0.2, -0.15) is 0 Å². The van der Waals surface area contributed by atoms with E-state index in [4.69, 9.17) is 28.9 Å². The lowest BCUT2D eigenvalue weighted by Crippen LogP contribution is -2.41. The third kappa shape index (κ3) is 7.92.